The van der Waals surface area contributed by atoms with E-state index in [1.165, 1.54) is 43.1 Å². The van der Waals surface area contributed by atoms with E-state index in [2.05, 4.69) is 38.1 Å². The zero-order chi connectivity index (χ0) is 12.1. The first-order chi connectivity index (χ1) is 8.29. The van der Waals surface area contributed by atoms with Gasteiger partial charge < -0.3 is 4.42 Å². The van der Waals surface area contributed by atoms with E-state index in [9.17, 15) is 0 Å². The highest BCUT2D eigenvalue weighted by Gasteiger charge is 2.03. The summed E-state index contributed by atoms with van der Waals surface area (Å²) in [4.78, 5) is 0. The van der Waals surface area contributed by atoms with Crippen molar-refractivity contribution >= 4 is 11.0 Å². The van der Waals surface area contributed by atoms with Gasteiger partial charge in [-0.3, -0.25) is 0 Å². The van der Waals surface area contributed by atoms with Crippen molar-refractivity contribution in [2.75, 3.05) is 0 Å². The number of hydrogen-bond acceptors (Lipinski definition) is 1. The fourth-order valence-electron chi connectivity index (χ4n) is 2.22. The number of hydrogen-bond donors (Lipinski definition) is 0. The molecule has 0 saturated carbocycles. The lowest BCUT2D eigenvalue weighted by molar-refractivity contribution is 0.524. The molecule has 17 heavy (non-hydrogen) atoms. The number of benzene rings is 1. The summed E-state index contributed by atoms with van der Waals surface area (Å²) in [6.45, 7) is 4.36. The fraction of sp³-hybridized carbons (Fsp3) is 0.500. The lowest BCUT2D eigenvalue weighted by atomic mass is 10.1. The second kappa shape index (κ2) is 5.90. The van der Waals surface area contributed by atoms with Crippen LogP contribution in [0.3, 0.4) is 0 Å². The highest BCUT2D eigenvalue weighted by atomic mass is 16.3. The molecule has 0 aliphatic heterocycles. The molecule has 1 nitrogen and oxygen atoms in total. The smallest absolute Gasteiger partial charge is 0.134 e. The topological polar surface area (TPSA) is 13.1 Å². The summed E-state index contributed by atoms with van der Waals surface area (Å²) < 4.78 is 5.86. The Hall–Kier alpha value is -1.24. The van der Waals surface area contributed by atoms with Crippen molar-refractivity contribution in [1.82, 2.24) is 0 Å². The summed E-state index contributed by atoms with van der Waals surface area (Å²) in [6.07, 6.45) is 7.68. The zero-order valence-electron chi connectivity index (χ0n) is 11.0. The first-order valence-electron chi connectivity index (χ1n) is 6.78. The Kier molecular flexibility index (Phi) is 4.24. The molecule has 0 saturated heterocycles. The number of unbranched alkanes of at least 4 members (excludes halogenated alkanes) is 4. The van der Waals surface area contributed by atoms with Crippen LogP contribution in [0.25, 0.3) is 11.0 Å². The molecule has 92 valence electrons. The summed E-state index contributed by atoms with van der Waals surface area (Å²) in [5, 5.41) is 1.24. The largest absolute Gasteiger partial charge is 0.461 e. The van der Waals surface area contributed by atoms with Crippen molar-refractivity contribution in [3.8, 4) is 0 Å². The molecule has 0 aliphatic rings. The average molecular weight is 230 g/mol. The Morgan fingerprint density at radius 1 is 1.00 bits per heavy atom. The molecule has 1 heteroatoms. The average Bonchev–Trinajstić information content (AvgIpc) is 2.70. The second-order valence-electron chi connectivity index (χ2n) is 4.92. The number of rotatable bonds is 6. The van der Waals surface area contributed by atoms with Gasteiger partial charge in [0.2, 0.25) is 0 Å². The van der Waals surface area contributed by atoms with E-state index >= 15 is 0 Å². The molecule has 0 N–H and O–H groups in total. The summed E-state index contributed by atoms with van der Waals surface area (Å²) in [6, 6.07) is 8.60. The molecule has 0 bridgehead atoms. The van der Waals surface area contributed by atoms with Crippen molar-refractivity contribution in [1.29, 1.82) is 0 Å². The summed E-state index contributed by atoms with van der Waals surface area (Å²) in [7, 11) is 0. The van der Waals surface area contributed by atoms with E-state index in [1.807, 2.05) is 0 Å². The molecule has 2 rings (SSSR count). The van der Waals surface area contributed by atoms with Crippen LogP contribution < -0.4 is 0 Å². The van der Waals surface area contributed by atoms with Gasteiger partial charge in [-0.25, -0.2) is 0 Å². The van der Waals surface area contributed by atoms with E-state index in [1.54, 1.807) is 0 Å². The van der Waals surface area contributed by atoms with Crippen LogP contribution in [0.5, 0.6) is 0 Å². The molecule has 0 amide bonds. The first kappa shape index (κ1) is 12.2. The predicted molar refractivity (Wildman–Crippen MR) is 73.4 cm³/mol. The van der Waals surface area contributed by atoms with Gasteiger partial charge in [0.25, 0.3) is 0 Å². The Labute approximate surface area is 104 Å². The zero-order valence-corrected chi connectivity index (χ0v) is 11.0. The number of aryl methyl sites for hydroxylation is 2. The highest BCUT2D eigenvalue weighted by molar-refractivity contribution is 5.78. The Morgan fingerprint density at radius 2 is 1.82 bits per heavy atom. The molecule has 2 aromatic rings. The van der Waals surface area contributed by atoms with Crippen molar-refractivity contribution in [3.63, 3.8) is 0 Å². The van der Waals surface area contributed by atoms with Gasteiger partial charge >= 0.3 is 0 Å². The van der Waals surface area contributed by atoms with Crippen LogP contribution in [-0.2, 0) is 6.42 Å². The molecule has 0 radical (unpaired) electrons. The number of fused-ring (bicyclic) bond motifs is 1. The SMILES string of the molecule is CCCCCCCc1cc2ccc(C)cc2o1. The molecule has 1 aromatic carbocycles. The van der Waals surface area contributed by atoms with E-state index in [0.29, 0.717) is 0 Å². The van der Waals surface area contributed by atoms with Crippen molar-refractivity contribution in [3.05, 3.63) is 35.6 Å². The van der Waals surface area contributed by atoms with Gasteiger partial charge in [0.05, 0.1) is 0 Å². The summed E-state index contributed by atoms with van der Waals surface area (Å²) in [5.74, 6) is 1.14. The van der Waals surface area contributed by atoms with E-state index in [4.69, 9.17) is 4.42 Å². The third-order valence-corrected chi connectivity index (χ3v) is 3.25. The van der Waals surface area contributed by atoms with Crippen LogP contribution in [0.4, 0.5) is 0 Å². The van der Waals surface area contributed by atoms with Crippen LogP contribution in [0.1, 0.15) is 50.4 Å². The lowest BCUT2D eigenvalue weighted by Gasteiger charge is -1.97. The molecule has 0 spiro atoms. The van der Waals surface area contributed by atoms with Crippen LogP contribution in [0, 0.1) is 6.92 Å². The molecule has 1 aromatic heterocycles. The van der Waals surface area contributed by atoms with Gasteiger partial charge in [-0.1, -0.05) is 44.7 Å². The molecule has 0 aliphatic carbocycles. The molecule has 1 heterocycles. The van der Waals surface area contributed by atoms with E-state index < -0.39 is 0 Å². The number of furan rings is 1. The Morgan fingerprint density at radius 3 is 2.65 bits per heavy atom. The fourth-order valence-corrected chi connectivity index (χ4v) is 2.22. The van der Waals surface area contributed by atoms with E-state index in [0.717, 1.165) is 17.8 Å². The minimum atomic E-state index is 1.04. The van der Waals surface area contributed by atoms with Gasteiger partial charge in [0.15, 0.2) is 0 Å². The first-order valence-corrected chi connectivity index (χ1v) is 6.78. The van der Waals surface area contributed by atoms with Crippen LogP contribution >= 0.6 is 0 Å². The maximum absolute atomic E-state index is 5.86. The molecular weight excluding hydrogens is 208 g/mol. The lowest BCUT2D eigenvalue weighted by Crippen LogP contribution is -1.82. The molecule has 0 atom stereocenters. The minimum Gasteiger partial charge on any atom is -0.461 e. The molecule has 0 fully saturated rings. The third-order valence-electron chi connectivity index (χ3n) is 3.25. The van der Waals surface area contributed by atoms with Crippen molar-refractivity contribution in [2.45, 2.75) is 52.4 Å². The molecular formula is C16H22O. The maximum atomic E-state index is 5.86. The van der Waals surface area contributed by atoms with Crippen LogP contribution in [-0.4, -0.2) is 0 Å². The van der Waals surface area contributed by atoms with Crippen LogP contribution in [0.15, 0.2) is 28.7 Å². The van der Waals surface area contributed by atoms with Crippen LogP contribution in [0.2, 0.25) is 0 Å². The van der Waals surface area contributed by atoms with Gasteiger partial charge in [-0.05, 0) is 31.0 Å². The van der Waals surface area contributed by atoms with Gasteiger partial charge in [0.1, 0.15) is 11.3 Å². The highest BCUT2D eigenvalue weighted by Crippen LogP contribution is 2.22. The maximum Gasteiger partial charge on any atom is 0.134 e. The Bertz CT molecular complexity index is 467. The standard InChI is InChI=1S/C16H22O/c1-3-4-5-6-7-8-15-12-14-10-9-13(2)11-16(14)17-15/h9-12H,3-8H2,1-2H3. The molecule has 0 unspecified atom stereocenters. The second-order valence-corrected chi connectivity index (χ2v) is 4.92. The van der Waals surface area contributed by atoms with Gasteiger partial charge in [0, 0.05) is 11.8 Å². The van der Waals surface area contributed by atoms with Gasteiger partial charge in [-0.2, -0.15) is 0 Å². The van der Waals surface area contributed by atoms with E-state index in [-0.39, 0.29) is 0 Å². The minimum absolute atomic E-state index is 1.04. The van der Waals surface area contributed by atoms with Crippen molar-refractivity contribution < 1.29 is 4.42 Å². The quantitative estimate of drug-likeness (QED) is 0.617. The van der Waals surface area contributed by atoms with Crippen molar-refractivity contribution in [2.24, 2.45) is 0 Å². The normalized spacial score (nSPS) is 11.2. The summed E-state index contributed by atoms with van der Waals surface area (Å²) >= 11 is 0. The Balaban J connectivity index is 1.91. The van der Waals surface area contributed by atoms with Gasteiger partial charge in [-0.15, -0.1) is 0 Å². The monoisotopic (exact) mass is 230 g/mol. The third kappa shape index (κ3) is 3.36. The predicted octanol–water partition coefficient (Wildman–Crippen LogP) is 5.25. The summed E-state index contributed by atoms with van der Waals surface area (Å²) in [5.41, 5.74) is 2.30.